The summed E-state index contributed by atoms with van der Waals surface area (Å²) < 4.78 is 31.7. The number of nitrogens with one attached hydrogen (secondary N) is 1. The Morgan fingerprint density at radius 1 is 1.52 bits per heavy atom. The summed E-state index contributed by atoms with van der Waals surface area (Å²) in [4.78, 5) is 11.1. The third-order valence-electron chi connectivity index (χ3n) is 3.13. The van der Waals surface area contributed by atoms with Crippen LogP contribution in [0.25, 0.3) is 0 Å². The fourth-order valence-corrected chi connectivity index (χ4v) is 3.62. The van der Waals surface area contributed by atoms with Crippen molar-refractivity contribution in [2.24, 2.45) is 0 Å². The average Bonchev–Trinajstić information content (AvgIpc) is 2.87. The van der Waals surface area contributed by atoms with Crippen LogP contribution in [0.2, 0.25) is 5.02 Å². The molecule has 2 rings (SSSR count). The van der Waals surface area contributed by atoms with E-state index in [4.69, 9.17) is 21.6 Å². The molecule has 0 bridgehead atoms. The molecule has 0 saturated carbocycles. The number of carbonyl (C=O) groups is 1. The largest absolute Gasteiger partial charge is 0.480 e. The summed E-state index contributed by atoms with van der Waals surface area (Å²) in [5.41, 5.74) is -1.55. The van der Waals surface area contributed by atoms with Gasteiger partial charge in [-0.2, -0.15) is 9.98 Å². The first-order valence-electron chi connectivity index (χ1n) is 5.85. The van der Waals surface area contributed by atoms with Crippen LogP contribution >= 0.6 is 11.6 Å². The lowest BCUT2D eigenvalue weighted by Gasteiger charge is -2.23. The van der Waals surface area contributed by atoms with E-state index in [-0.39, 0.29) is 35.1 Å². The number of carboxylic acid groups (broad SMARTS) is 1. The molecule has 1 aromatic carbocycles. The Kier molecular flexibility index (Phi) is 4.20. The van der Waals surface area contributed by atoms with Crippen LogP contribution in [0, 0.1) is 11.3 Å². The lowest BCUT2D eigenvalue weighted by Crippen LogP contribution is -2.54. The molecule has 2 N–H and O–H groups in total. The maximum Gasteiger partial charge on any atom is 0.327 e. The van der Waals surface area contributed by atoms with Gasteiger partial charge in [0, 0.05) is 13.0 Å². The first-order chi connectivity index (χ1) is 9.81. The molecular weight excluding hydrogens is 320 g/mol. The topological polar surface area (TPSA) is 116 Å². The van der Waals surface area contributed by atoms with Crippen molar-refractivity contribution >= 4 is 27.6 Å². The van der Waals surface area contributed by atoms with Gasteiger partial charge < -0.3 is 9.84 Å². The van der Waals surface area contributed by atoms with E-state index in [0.717, 1.165) is 6.07 Å². The molecule has 1 unspecified atom stereocenters. The van der Waals surface area contributed by atoms with Gasteiger partial charge in [-0.3, -0.25) is 4.79 Å². The highest BCUT2D eigenvalue weighted by Gasteiger charge is 2.46. The highest BCUT2D eigenvalue weighted by Crippen LogP contribution is 2.25. The van der Waals surface area contributed by atoms with Crippen LogP contribution in [0.1, 0.15) is 12.0 Å². The summed E-state index contributed by atoms with van der Waals surface area (Å²) in [5, 5.41) is 18.0. The third-order valence-corrected chi connectivity index (χ3v) is 4.98. The highest BCUT2D eigenvalue weighted by atomic mass is 35.5. The monoisotopic (exact) mass is 330 g/mol. The Morgan fingerprint density at radius 3 is 2.71 bits per heavy atom. The number of ether oxygens (including phenoxy) is 1. The van der Waals surface area contributed by atoms with E-state index < -0.39 is 21.5 Å². The van der Waals surface area contributed by atoms with Gasteiger partial charge in [-0.25, -0.2) is 8.42 Å². The Labute approximate surface area is 126 Å². The molecule has 1 atom stereocenters. The summed E-state index contributed by atoms with van der Waals surface area (Å²) in [7, 11) is -4.10. The second-order valence-electron chi connectivity index (χ2n) is 4.55. The Hall–Kier alpha value is -1.66. The van der Waals surface area contributed by atoms with Crippen molar-refractivity contribution in [3.8, 4) is 6.07 Å². The Morgan fingerprint density at radius 2 is 2.24 bits per heavy atom. The van der Waals surface area contributed by atoms with Crippen molar-refractivity contribution < 1.29 is 23.1 Å². The van der Waals surface area contributed by atoms with E-state index in [1.807, 2.05) is 6.07 Å². The minimum atomic E-state index is -4.10. The molecule has 1 aromatic rings. The van der Waals surface area contributed by atoms with E-state index in [2.05, 4.69) is 4.72 Å². The fourth-order valence-electron chi connectivity index (χ4n) is 1.93. The molecule has 0 aliphatic carbocycles. The van der Waals surface area contributed by atoms with E-state index in [0.29, 0.717) is 0 Å². The number of nitrogens with zero attached hydrogens (tertiary/aromatic N) is 1. The van der Waals surface area contributed by atoms with Gasteiger partial charge in [0.05, 0.1) is 22.1 Å². The Bertz CT molecular complexity index is 720. The van der Waals surface area contributed by atoms with Crippen LogP contribution in [-0.4, -0.2) is 38.2 Å². The second-order valence-corrected chi connectivity index (χ2v) is 6.64. The lowest BCUT2D eigenvalue weighted by molar-refractivity contribution is -0.144. The predicted molar refractivity (Wildman–Crippen MR) is 72.3 cm³/mol. The van der Waals surface area contributed by atoms with Crippen molar-refractivity contribution in [2.45, 2.75) is 16.9 Å². The van der Waals surface area contributed by atoms with E-state index in [1.165, 1.54) is 12.1 Å². The van der Waals surface area contributed by atoms with Crippen LogP contribution < -0.4 is 4.72 Å². The minimum absolute atomic E-state index is 0.0209. The molecule has 9 heteroatoms. The van der Waals surface area contributed by atoms with Crippen LogP contribution in [0.5, 0.6) is 0 Å². The van der Waals surface area contributed by atoms with Gasteiger partial charge in [-0.05, 0) is 18.2 Å². The zero-order valence-corrected chi connectivity index (χ0v) is 12.2. The van der Waals surface area contributed by atoms with Gasteiger partial charge in [0.2, 0.25) is 10.0 Å². The molecule has 0 aromatic heterocycles. The Balaban J connectivity index is 2.37. The standard InChI is InChI=1S/C12H11ClN2O5S/c13-10-5-9(2-1-8(10)6-14)21(18,19)15-12(11(16)17)3-4-20-7-12/h1-2,5,15H,3-4,7H2,(H,16,17). The van der Waals surface area contributed by atoms with Gasteiger partial charge >= 0.3 is 5.97 Å². The maximum absolute atomic E-state index is 12.3. The van der Waals surface area contributed by atoms with Crippen molar-refractivity contribution in [2.75, 3.05) is 13.2 Å². The molecule has 0 spiro atoms. The molecule has 1 aliphatic rings. The molecule has 21 heavy (non-hydrogen) atoms. The smallest absolute Gasteiger partial charge is 0.327 e. The van der Waals surface area contributed by atoms with Gasteiger partial charge in [-0.1, -0.05) is 11.6 Å². The van der Waals surface area contributed by atoms with Crippen molar-refractivity contribution in [3.05, 3.63) is 28.8 Å². The third kappa shape index (κ3) is 3.01. The molecule has 0 radical (unpaired) electrons. The van der Waals surface area contributed by atoms with Crippen molar-refractivity contribution in [3.63, 3.8) is 0 Å². The number of carboxylic acids is 1. The van der Waals surface area contributed by atoms with Gasteiger partial charge in [-0.15, -0.1) is 0 Å². The first-order valence-corrected chi connectivity index (χ1v) is 7.72. The summed E-state index contributed by atoms with van der Waals surface area (Å²) in [6, 6.07) is 5.37. The summed E-state index contributed by atoms with van der Waals surface area (Å²) >= 11 is 5.79. The summed E-state index contributed by atoms with van der Waals surface area (Å²) in [6.07, 6.45) is 0.0333. The highest BCUT2D eigenvalue weighted by molar-refractivity contribution is 7.89. The van der Waals surface area contributed by atoms with E-state index in [1.54, 1.807) is 0 Å². The number of benzene rings is 1. The first kappa shape index (κ1) is 15.7. The number of sulfonamides is 1. The van der Waals surface area contributed by atoms with Gasteiger partial charge in [0.25, 0.3) is 0 Å². The maximum atomic E-state index is 12.3. The molecule has 1 aliphatic heterocycles. The number of halogens is 1. The second kappa shape index (κ2) is 5.61. The van der Waals surface area contributed by atoms with Crippen LogP contribution in [0.4, 0.5) is 0 Å². The number of rotatable bonds is 4. The van der Waals surface area contributed by atoms with E-state index >= 15 is 0 Å². The van der Waals surface area contributed by atoms with Crippen LogP contribution in [-0.2, 0) is 19.6 Å². The molecule has 1 heterocycles. The molecule has 0 amide bonds. The minimum Gasteiger partial charge on any atom is -0.480 e. The SMILES string of the molecule is N#Cc1ccc(S(=O)(=O)NC2(C(=O)O)CCOC2)cc1Cl. The fraction of sp³-hybridized carbons (Fsp3) is 0.333. The van der Waals surface area contributed by atoms with Crippen molar-refractivity contribution in [1.29, 1.82) is 5.26 Å². The van der Waals surface area contributed by atoms with E-state index in [9.17, 15) is 18.3 Å². The van der Waals surface area contributed by atoms with Crippen molar-refractivity contribution in [1.82, 2.24) is 4.72 Å². The lowest BCUT2D eigenvalue weighted by atomic mass is 10.0. The number of hydrogen-bond donors (Lipinski definition) is 2. The van der Waals surface area contributed by atoms with Crippen LogP contribution in [0.15, 0.2) is 23.1 Å². The molecular formula is C12H11ClN2O5S. The molecule has 1 saturated heterocycles. The normalized spacial score (nSPS) is 21.9. The number of nitriles is 1. The zero-order valence-electron chi connectivity index (χ0n) is 10.7. The van der Waals surface area contributed by atoms with Gasteiger partial charge in [0.15, 0.2) is 5.54 Å². The molecule has 7 nitrogen and oxygen atoms in total. The number of hydrogen-bond acceptors (Lipinski definition) is 5. The average molecular weight is 331 g/mol. The number of aliphatic carboxylic acids is 1. The quantitative estimate of drug-likeness (QED) is 0.840. The van der Waals surface area contributed by atoms with Gasteiger partial charge in [0.1, 0.15) is 6.07 Å². The molecule has 1 fully saturated rings. The summed E-state index contributed by atoms with van der Waals surface area (Å²) in [5.74, 6) is -1.30. The predicted octanol–water partition coefficient (Wildman–Crippen LogP) is 0.734. The molecule has 112 valence electrons. The van der Waals surface area contributed by atoms with Crippen LogP contribution in [0.3, 0.4) is 0 Å². The summed E-state index contributed by atoms with van der Waals surface area (Å²) in [6.45, 7) is -0.0888. The zero-order chi connectivity index (χ0) is 15.7.